The first kappa shape index (κ1) is 21.6. The van der Waals surface area contributed by atoms with Crippen molar-refractivity contribution in [1.29, 1.82) is 0 Å². The zero-order chi connectivity index (χ0) is 23.4. The molecule has 5 rings (SSSR count). The fourth-order valence-corrected chi connectivity index (χ4v) is 4.94. The Morgan fingerprint density at radius 2 is 1.06 bits per heavy atom. The van der Waals surface area contributed by atoms with Gasteiger partial charge in [0.1, 0.15) is 0 Å². The number of hydrogen-bond acceptors (Lipinski definition) is 2. The molecule has 4 aromatic carbocycles. The number of amidine groups is 1. The Bertz CT molecular complexity index is 1490. The van der Waals surface area contributed by atoms with Gasteiger partial charge in [-0.15, -0.1) is 4.40 Å². The molecule has 0 saturated heterocycles. The highest BCUT2D eigenvalue weighted by molar-refractivity contribution is 7.90. The summed E-state index contributed by atoms with van der Waals surface area (Å²) in [7, 11) is -3.92. The molecule has 0 atom stereocenters. The first-order valence-electron chi connectivity index (χ1n) is 10.9. The van der Waals surface area contributed by atoms with Gasteiger partial charge in [-0.05, 0) is 34.9 Å². The Hall–Kier alpha value is -4.22. The Labute approximate surface area is 199 Å². The molecule has 1 aliphatic heterocycles. The van der Waals surface area contributed by atoms with Gasteiger partial charge in [0.25, 0.3) is 10.0 Å². The van der Waals surface area contributed by atoms with Crippen LogP contribution in [0.3, 0.4) is 0 Å². The molecule has 0 aromatic heterocycles. The molecule has 0 spiro atoms. The van der Waals surface area contributed by atoms with Crippen LogP contribution < -0.4 is 5.32 Å². The number of hydrogen-bond donors (Lipinski definition) is 1. The number of rotatable bonds is 5. The summed E-state index contributed by atoms with van der Waals surface area (Å²) in [5.74, 6) is 0.302. The van der Waals surface area contributed by atoms with E-state index in [0.717, 1.165) is 33.5 Å². The van der Waals surface area contributed by atoms with E-state index < -0.39 is 10.0 Å². The van der Waals surface area contributed by atoms with Gasteiger partial charge in [-0.3, -0.25) is 0 Å². The first-order valence-corrected chi connectivity index (χ1v) is 12.4. The Balaban J connectivity index is 1.77. The van der Waals surface area contributed by atoms with Crippen molar-refractivity contribution in [2.75, 3.05) is 0 Å². The van der Waals surface area contributed by atoms with Crippen LogP contribution in [0.2, 0.25) is 0 Å². The van der Waals surface area contributed by atoms with Crippen LogP contribution in [-0.4, -0.2) is 14.3 Å². The zero-order valence-corrected chi connectivity index (χ0v) is 19.1. The van der Waals surface area contributed by atoms with Gasteiger partial charge in [0.15, 0.2) is 5.84 Å². The van der Waals surface area contributed by atoms with Gasteiger partial charge < -0.3 is 5.32 Å². The molecule has 0 radical (unpaired) electrons. The molecule has 5 heteroatoms. The smallest absolute Gasteiger partial charge is 0.284 e. The third-order valence-corrected chi connectivity index (χ3v) is 6.79. The SMILES string of the molecule is O=S(=O)(/N=C1\N/C(=C\c2ccccc2)C(c2ccccc2)=C1c1ccccc1)c1ccccc1. The number of nitrogens with one attached hydrogen (secondary N) is 1. The van der Waals surface area contributed by atoms with Crippen LogP contribution in [-0.2, 0) is 10.0 Å². The van der Waals surface area contributed by atoms with E-state index >= 15 is 0 Å². The highest BCUT2D eigenvalue weighted by atomic mass is 32.2. The second-order valence-electron chi connectivity index (χ2n) is 7.80. The monoisotopic (exact) mass is 462 g/mol. The van der Waals surface area contributed by atoms with Gasteiger partial charge in [0, 0.05) is 16.8 Å². The second-order valence-corrected chi connectivity index (χ2v) is 9.41. The minimum absolute atomic E-state index is 0.151. The lowest BCUT2D eigenvalue weighted by atomic mass is 9.94. The van der Waals surface area contributed by atoms with E-state index in [1.165, 1.54) is 0 Å². The van der Waals surface area contributed by atoms with Gasteiger partial charge in [0.2, 0.25) is 0 Å². The van der Waals surface area contributed by atoms with E-state index in [2.05, 4.69) is 9.71 Å². The molecule has 1 heterocycles. The summed E-state index contributed by atoms with van der Waals surface area (Å²) in [4.78, 5) is 0.151. The van der Waals surface area contributed by atoms with Crippen molar-refractivity contribution < 1.29 is 8.42 Å². The van der Waals surface area contributed by atoms with Gasteiger partial charge in [-0.1, -0.05) is 109 Å². The molecular weight excluding hydrogens is 440 g/mol. The third-order valence-electron chi connectivity index (χ3n) is 5.50. The van der Waals surface area contributed by atoms with Crippen LogP contribution >= 0.6 is 0 Å². The molecule has 0 aliphatic carbocycles. The van der Waals surface area contributed by atoms with E-state index in [0.29, 0.717) is 5.84 Å². The summed E-state index contributed by atoms with van der Waals surface area (Å²) in [6.07, 6.45) is 2.02. The van der Waals surface area contributed by atoms with Crippen LogP contribution in [0, 0.1) is 0 Å². The highest BCUT2D eigenvalue weighted by Gasteiger charge is 2.30. The van der Waals surface area contributed by atoms with Crippen molar-refractivity contribution in [2.45, 2.75) is 4.90 Å². The topological polar surface area (TPSA) is 58.5 Å². The summed E-state index contributed by atoms with van der Waals surface area (Å²) in [6.45, 7) is 0. The quantitative estimate of drug-likeness (QED) is 0.394. The van der Waals surface area contributed by atoms with Crippen LogP contribution in [0.25, 0.3) is 17.2 Å². The summed E-state index contributed by atoms with van der Waals surface area (Å²) in [6, 6.07) is 37.9. The fraction of sp³-hybridized carbons (Fsp3) is 0. The first-order chi connectivity index (χ1) is 16.6. The van der Waals surface area contributed by atoms with Crippen molar-refractivity contribution in [1.82, 2.24) is 5.32 Å². The van der Waals surface area contributed by atoms with Crippen molar-refractivity contribution in [3.63, 3.8) is 0 Å². The Morgan fingerprint density at radius 3 is 1.62 bits per heavy atom. The van der Waals surface area contributed by atoms with E-state index in [1.54, 1.807) is 30.3 Å². The van der Waals surface area contributed by atoms with Gasteiger partial charge in [-0.25, -0.2) is 0 Å². The molecule has 4 nitrogen and oxygen atoms in total. The standard InChI is InChI=1S/C29H22N2O2S/c32-34(33,25-19-11-4-12-20-25)31-29-28(24-17-9-3-10-18-24)27(23-15-7-2-8-16-23)26(30-29)21-22-13-5-1-6-14-22/h1-21H,(H,30,31)/b26-21-. The molecule has 0 unspecified atom stereocenters. The minimum atomic E-state index is -3.92. The van der Waals surface area contributed by atoms with E-state index in [4.69, 9.17) is 0 Å². The maximum Gasteiger partial charge on any atom is 0.284 e. The molecule has 4 aromatic rings. The number of sulfonamides is 1. The Morgan fingerprint density at radius 1 is 0.588 bits per heavy atom. The van der Waals surface area contributed by atoms with E-state index in [1.807, 2.05) is 97.1 Å². The number of benzene rings is 4. The average molecular weight is 463 g/mol. The average Bonchev–Trinajstić information content (AvgIpc) is 3.23. The fourth-order valence-electron chi connectivity index (χ4n) is 3.95. The molecular formula is C29H22N2O2S. The Kier molecular flexibility index (Phi) is 5.93. The molecule has 166 valence electrons. The van der Waals surface area contributed by atoms with Crippen molar-refractivity contribution in [3.8, 4) is 0 Å². The predicted molar refractivity (Wildman–Crippen MR) is 138 cm³/mol. The third kappa shape index (κ3) is 4.47. The summed E-state index contributed by atoms with van der Waals surface area (Å²) >= 11 is 0. The molecule has 0 saturated carbocycles. The van der Waals surface area contributed by atoms with Crippen LogP contribution in [0.4, 0.5) is 0 Å². The normalized spacial score (nSPS) is 16.1. The van der Waals surface area contributed by atoms with Gasteiger partial charge in [0.05, 0.1) is 4.90 Å². The summed E-state index contributed by atoms with van der Waals surface area (Å²) in [5, 5.41) is 3.32. The molecule has 34 heavy (non-hydrogen) atoms. The van der Waals surface area contributed by atoms with E-state index in [9.17, 15) is 8.42 Å². The lowest BCUT2D eigenvalue weighted by Crippen LogP contribution is -2.19. The molecule has 1 N–H and O–H groups in total. The molecule has 0 fully saturated rings. The number of nitrogens with zero attached hydrogens (tertiary/aromatic N) is 1. The van der Waals surface area contributed by atoms with Crippen LogP contribution in [0.15, 0.2) is 136 Å². The molecule has 0 amide bonds. The van der Waals surface area contributed by atoms with Crippen molar-refractivity contribution >= 4 is 33.1 Å². The zero-order valence-electron chi connectivity index (χ0n) is 18.3. The highest BCUT2D eigenvalue weighted by Crippen LogP contribution is 2.38. The molecule has 0 bridgehead atoms. The van der Waals surface area contributed by atoms with Crippen LogP contribution in [0.5, 0.6) is 0 Å². The largest absolute Gasteiger partial charge is 0.338 e. The van der Waals surface area contributed by atoms with Gasteiger partial charge >= 0.3 is 0 Å². The lowest BCUT2D eigenvalue weighted by molar-refractivity contribution is 0.598. The van der Waals surface area contributed by atoms with Crippen molar-refractivity contribution in [2.24, 2.45) is 4.40 Å². The minimum Gasteiger partial charge on any atom is -0.338 e. The predicted octanol–water partition coefficient (Wildman–Crippen LogP) is 6.03. The second kappa shape index (κ2) is 9.33. The van der Waals surface area contributed by atoms with Crippen LogP contribution in [0.1, 0.15) is 16.7 Å². The lowest BCUT2D eigenvalue weighted by Gasteiger charge is -2.08. The summed E-state index contributed by atoms with van der Waals surface area (Å²) < 4.78 is 30.7. The molecule has 1 aliphatic rings. The maximum atomic E-state index is 13.2. The van der Waals surface area contributed by atoms with Crippen molar-refractivity contribution in [3.05, 3.63) is 144 Å². The summed E-state index contributed by atoms with van der Waals surface area (Å²) in [5.41, 5.74) is 5.29. The number of allylic oxidation sites excluding steroid dienone is 1. The van der Waals surface area contributed by atoms with Gasteiger partial charge in [-0.2, -0.15) is 8.42 Å². The maximum absolute atomic E-state index is 13.2. The van der Waals surface area contributed by atoms with E-state index in [-0.39, 0.29) is 4.90 Å².